The van der Waals surface area contributed by atoms with Crippen LogP contribution in [0.5, 0.6) is 0 Å². The van der Waals surface area contributed by atoms with E-state index in [2.05, 4.69) is 20.0 Å². The van der Waals surface area contributed by atoms with Gasteiger partial charge in [-0.25, -0.2) is 4.79 Å². The highest BCUT2D eigenvalue weighted by atomic mass is 16.8. The highest BCUT2D eigenvalue weighted by Crippen LogP contribution is 2.21. The van der Waals surface area contributed by atoms with Crippen LogP contribution in [0.4, 0.5) is 16.3 Å². The van der Waals surface area contributed by atoms with E-state index in [4.69, 9.17) is 0 Å². The molecular weight excluding hydrogens is 216 g/mol. The van der Waals surface area contributed by atoms with Crippen LogP contribution in [0.3, 0.4) is 0 Å². The third-order valence-corrected chi connectivity index (χ3v) is 1.66. The Hall–Kier alpha value is -2.12. The van der Waals surface area contributed by atoms with Gasteiger partial charge in [0.2, 0.25) is 0 Å². The van der Waals surface area contributed by atoms with Gasteiger partial charge in [0.25, 0.3) is 0 Å². The number of carbonyl (C=O) groups is 1. The van der Waals surface area contributed by atoms with Crippen LogP contribution in [0.25, 0.3) is 0 Å². The second-order valence-electron chi connectivity index (χ2n) is 2.83. The fourth-order valence-corrected chi connectivity index (χ4v) is 1.06. The highest BCUT2D eigenvalue weighted by molar-refractivity contribution is 5.86. The van der Waals surface area contributed by atoms with Gasteiger partial charge in [0.15, 0.2) is 10.6 Å². The van der Waals surface area contributed by atoms with Crippen LogP contribution in [0.15, 0.2) is 6.20 Å². The first kappa shape index (κ1) is 12.0. The zero-order valence-corrected chi connectivity index (χ0v) is 9.26. The van der Waals surface area contributed by atoms with Crippen LogP contribution in [0.1, 0.15) is 6.92 Å². The van der Waals surface area contributed by atoms with E-state index in [0.717, 1.165) is 0 Å². The van der Waals surface area contributed by atoms with Crippen molar-refractivity contribution in [3.63, 3.8) is 0 Å². The topological polar surface area (TPSA) is 85.5 Å². The molecule has 8 nitrogen and oxygen atoms in total. The molecule has 0 fully saturated rings. The predicted octanol–water partition coefficient (Wildman–Crippen LogP) is 0.960. The molecule has 88 valence electrons. The van der Waals surface area contributed by atoms with Crippen molar-refractivity contribution in [3.05, 3.63) is 11.1 Å². The lowest BCUT2D eigenvalue weighted by atomic mass is 10.5. The van der Waals surface area contributed by atoms with Gasteiger partial charge in [0.05, 0.1) is 25.0 Å². The summed E-state index contributed by atoms with van der Waals surface area (Å²) in [4.78, 5) is 27.0. The van der Waals surface area contributed by atoms with Crippen LogP contribution in [0.2, 0.25) is 0 Å². The Morgan fingerprint density at radius 3 is 2.94 bits per heavy atom. The average Bonchev–Trinajstić information content (AvgIpc) is 2.58. The van der Waals surface area contributed by atoms with Crippen molar-refractivity contribution in [2.45, 2.75) is 6.92 Å². The van der Waals surface area contributed by atoms with Crippen LogP contribution < -0.4 is 5.32 Å². The Balaban J connectivity index is 2.86. The maximum absolute atomic E-state index is 11.2. The lowest BCUT2D eigenvalue weighted by Crippen LogP contribution is -2.14. The van der Waals surface area contributed by atoms with Gasteiger partial charge in [-0.15, -0.1) is 0 Å². The molecule has 1 amide bonds. The fraction of sp³-hybridized carbons (Fsp3) is 0.500. The van der Waals surface area contributed by atoms with Crippen LogP contribution in [-0.4, -0.2) is 34.5 Å². The lowest BCUT2D eigenvalue weighted by Gasteiger charge is -2.00. The number of amides is 1. The number of carbonyl (C=O) groups excluding carboxylic acids is 1. The van der Waals surface area contributed by atoms with Gasteiger partial charge in [0.1, 0.15) is 7.11 Å². The minimum absolute atomic E-state index is 0.0435. The Morgan fingerprint density at radius 1 is 1.69 bits per heavy atom. The first-order chi connectivity index (χ1) is 7.58. The number of aryl methyl sites for hydroxylation is 1. The van der Waals surface area contributed by atoms with Gasteiger partial charge in [-0.3, -0.25) is 5.32 Å². The van der Waals surface area contributed by atoms with Crippen molar-refractivity contribution in [2.24, 2.45) is 7.05 Å². The van der Waals surface area contributed by atoms with Crippen LogP contribution in [-0.2, 0) is 16.6 Å². The number of nitrogens with one attached hydrogen (secondary N) is 1. The Morgan fingerprint density at radius 2 is 2.38 bits per heavy atom. The van der Waals surface area contributed by atoms with Crippen molar-refractivity contribution in [1.82, 2.24) is 9.78 Å². The number of aromatic nitrogens is 2. The van der Waals surface area contributed by atoms with Crippen molar-refractivity contribution in [1.29, 1.82) is 0 Å². The van der Waals surface area contributed by atoms with Crippen LogP contribution >= 0.6 is 0 Å². The van der Waals surface area contributed by atoms with E-state index in [1.807, 2.05) is 0 Å². The number of rotatable bonds is 4. The molecule has 8 heteroatoms. The second kappa shape index (κ2) is 5.10. The van der Waals surface area contributed by atoms with Crippen molar-refractivity contribution >= 4 is 17.6 Å². The molecule has 1 heterocycles. The first-order valence-electron chi connectivity index (χ1n) is 4.57. The van der Waals surface area contributed by atoms with Gasteiger partial charge >= 0.3 is 11.9 Å². The summed E-state index contributed by atoms with van der Waals surface area (Å²) in [5.74, 6) is -0.0435. The number of anilines is 1. The molecule has 1 N–H and O–H groups in total. The van der Waals surface area contributed by atoms with E-state index < -0.39 is 6.09 Å². The van der Waals surface area contributed by atoms with E-state index >= 15 is 0 Å². The molecule has 0 bridgehead atoms. The number of nitrogens with zero attached hydrogens (tertiary/aromatic N) is 3. The zero-order chi connectivity index (χ0) is 12.1. The maximum atomic E-state index is 11.2. The Kier molecular flexibility index (Phi) is 3.81. The summed E-state index contributed by atoms with van der Waals surface area (Å²) in [6.07, 6.45) is 0.817. The molecule has 0 aliphatic rings. The predicted molar refractivity (Wildman–Crippen MR) is 54.1 cm³/mol. The van der Waals surface area contributed by atoms with E-state index in [9.17, 15) is 9.70 Å². The quantitative estimate of drug-likeness (QED) is 0.777. The Bertz CT molecular complexity index is 401. The highest BCUT2D eigenvalue weighted by Gasteiger charge is 2.26. The molecule has 0 aliphatic heterocycles. The molecule has 0 atom stereocenters. The zero-order valence-electron chi connectivity index (χ0n) is 9.26. The summed E-state index contributed by atoms with van der Waals surface area (Å²) < 4.78 is 6.05. The summed E-state index contributed by atoms with van der Waals surface area (Å²) in [6.45, 7) is 1.92. The first-order valence-corrected chi connectivity index (χ1v) is 4.57. The molecular formula is C8H13N4O4+. The largest absolute Gasteiger partial charge is 0.457 e. The van der Waals surface area contributed by atoms with Crippen molar-refractivity contribution < 1.29 is 19.3 Å². The standard InChI is InChI=1S/C8H12N4O4/c1-4-16-8(13)9-6-5-11(2)10-7(6)12(14)15-3/h5H,4H2,1-3H3/p+1. The minimum atomic E-state index is -0.652. The number of hydrogen-bond donors (Lipinski definition) is 1. The third kappa shape index (κ3) is 2.69. The van der Waals surface area contributed by atoms with Gasteiger partial charge in [0, 0.05) is 0 Å². The molecule has 16 heavy (non-hydrogen) atoms. The second-order valence-corrected chi connectivity index (χ2v) is 2.83. The molecule has 0 aliphatic carbocycles. The molecule has 0 unspecified atom stereocenters. The van der Waals surface area contributed by atoms with Crippen LogP contribution in [0, 0.1) is 4.91 Å². The van der Waals surface area contributed by atoms with Gasteiger partial charge < -0.3 is 9.57 Å². The summed E-state index contributed by atoms with van der Waals surface area (Å²) >= 11 is 0. The van der Waals surface area contributed by atoms with Gasteiger partial charge in [-0.1, -0.05) is 0 Å². The van der Waals surface area contributed by atoms with E-state index in [-0.39, 0.29) is 23.0 Å². The fourth-order valence-electron chi connectivity index (χ4n) is 1.06. The molecule has 0 radical (unpaired) electrons. The van der Waals surface area contributed by atoms with Crippen molar-refractivity contribution in [3.8, 4) is 0 Å². The molecule has 0 saturated carbocycles. The van der Waals surface area contributed by atoms with E-state index in [1.165, 1.54) is 18.0 Å². The maximum Gasteiger partial charge on any atom is 0.457 e. The Labute approximate surface area is 91.7 Å². The lowest BCUT2D eigenvalue weighted by molar-refractivity contribution is -0.738. The SMILES string of the molecule is CCOC(=O)Nc1cn(C)nc1[N+](=O)OC. The number of ether oxygens (including phenoxy) is 1. The molecule has 1 rings (SSSR count). The number of hydrogen-bond acceptors (Lipinski definition) is 5. The van der Waals surface area contributed by atoms with E-state index in [0.29, 0.717) is 0 Å². The molecule has 0 saturated heterocycles. The molecule has 0 aromatic carbocycles. The molecule has 1 aromatic heterocycles. The monoisotopic (exact) mass is 229 g/mol. The third-order valence-electron chi connectivity index (χ3n) is 1.66. The summed E-state index contributed by atoms with van der Waals surface area (Å²) in [5, 5.41) is 6.21. The van der Waals surface area contributed by atoms with E-state index in [1.54, 1.807) is 14.0 Å². The van der Waals surface area contributed by atoms with Gasteiger partial charge in [-0.2, -0.15) is 4.68 Å². The summed E-state index contributed by atoms with van der Waals surface area (Å²) in [7, 11) is 2.82. The van der Waals surface area contributed by atoms with Gasteiger partial charge in [-0.05, 0) is 11.8 Å². The molecule has 0 spiro atoms. The molecule has 1 aromatic rings. The summed E-state index contributed by atoms with van der Waals surface area (Å²) in [6, 6.07) is 0. The smallest absolute Gasteiger partial charge is 0.450 e. The summed E-state index contributed by atoms with van der Waals surface area (Å²) in [5.41, 5.74) is 0.220. The normalized spacial score (nSPS) is 9.69. The van der Waals surface area contributed by atoms with Crippen molar-refractivity contribution in [2.75, 3.05) is 19.0 Å². The average molecular weight is 229 g/mol. The minimum Gasteiger partial charge on any atom is -0.450 e.